The molecule has 1 rings (SSSR count). The van der Waals surface area contributed by atoms with Crippen LogP contribution in [0.15, 0.2) is 0 Å². The van der Waals surface area contributed by atoms with E-state index in [4.69, 9.17) is 4.74 Å². The number of ether oxygens (including phenoxy) is 1. The second-order valence-electron chi connectivity index (χ2n) is 4.90. The molecule has 1 aromatic rings. The first-order valence-electron chi connectivity index (χ1n) is 5.04. The molecule has 4 heteroatoms. The van der Waals surface area contributed by atoms with Gasteiger partial charge in [0.15, 0.2) is 0 Å². The lowest BCUT2D eigenvalue weighted by molar-refractivity contribution is 0.0596. The zero-order chi connectivity index (χ0) is 11.8. The molecule has 0 aliphatic carbocycles. The van der Waals surface area contributed by atoms with Crippen LogP contribution in [0.5, 0.6) is 5.88 Å². The van der Waals surface area contributed by atoms with Crippen LogP contribution in [-0.4, -0.2) is 22.0 Å². The summed E-state index contributed by atoms with van der Waals surface area (Å²) in [4.78, 5) is 0. The Bertz CT molecular complexity index is 350. The standard InChI is InChI=1S/C11H20N2O2/c1-7-8(9(14)11(2,3)4)10(15-6)13(5)12-7/h9,14H,1-6H3. The lowest BCUT2D eigenvalue weighted by atomic mass is 9.85. The molecule has 0 saturated heterocycles. The molecule has 1 heterocycles. The van der Waals surface area contributed by atoms with Crippen LogP contribution in [-0.2, 0) is 7.05 Å². The molecule has 0 aliphatic rings. The fourth-order valence-corrected chi connectivity index (χ4v) is 1.64. The van der Waals surface area contributed by atoms with Crippen molar-refractivity contribution >= 4 is 0 Å². The first-order valence-corrected chi connectivity index (χ1v) is 5.04. The van der Waals surface area contributed by atoms with Gasteiger partial charge in [-0.15, -0.1) is 0 Å². The van der Waals surface area contributed by atoms with E-state index in [1.54, 1.807) is 11.8 Å². The molecular formula is C11H20N2O2. The topological polar surface area (TPSA) is 47.3 Å². The molecule has 1 aromatic heterocycles. The molecule has 86 valence electrons. The Morgan fingerprint density at radius 3 is 2.33 bits per heavy atom. The van der Waals surface area contributed by atoms with E-state index in [0.717, 1.165) is 11.3 Å². The van der Waals surface area contributed by atoms with Gasteiger partial charge in [0.25, 0.3) is 0 Å². The highest BCUT2D eigenvalue weighted by Crippen LogP contribution is 2.38. The van der Waals surface area contributed by atoms with Gasteiger partial charge in [-0.1, -0.05) is 20.8 Å². The largest absolute Gasteiger partial charge is 0.481 e. The third-order valence-electron chi connectivity index (χ3n) is 2.50. The molecule has 0 spiro atoms. The average Bonchev–Trinajstić information content (AvgIpc) is 2.37. The smallest absolute Gasteiger partial charge is 0.217 e. The van der Waals surface area contributed by atoms with E-state index >= 15 is 0 Å². The average molecular weight is 212 g/mol. The molecular weight excluding hydrogens is 192 g/mol. The summed E-state index contributed by atoms with van der Waals surface area (Å²) in [5.41, 5.74) is 1.38. The van der Waals surface area contributed by atoms with Crippen LogP contribution in [0, 0.1) is 12.3 Å². The minimum Gasteiger partial charge on any atom is -0.481 e. The fraction of sp³-hybridized carbons (Fsp3) is 0.727. The zero-order valence-electron chi connectivity index (χ0n) is 10.3. The number of hydrogen-bond donors (Lipinski definition) is 1. The van der Waals surface area contributed by atoms with Gasteiger partial charge in [-0.3, -0.25) is 0 Å². The van der Waals surface area contributed by atoms with Gasteiger partial charge in [-0.05, 0) is 12.3 Å². The van der Waals surface area contributed by atoms with E-state index in [1.807, 2.05) is 34.7 Å². The Morgan fingerprint density at radius 1 is 1.40 bits per heavy atom. The van der Waals surface area contributed by atoms with Gasteiger partial charge in [-0.2, -0.15) is 5.10 Å². The van der Waals surface area contributed by atoms with Gasteiger partial charge < -0.3 is 9.84 Å². The monoisotopic (exact) mass is 212 g/mol. The highest BCUT2D eigenvalue weighted by Gasteiger charge is 2.30. The molecule has 0 aromatic carbocycles. The molecule has 0 bridgehead atoms. The number of aryl methyl sites for hydroxylation is 2. The van der Waals surface area contributed by atoms with E-state index in [2.05, 4.69) is 5.10 Å². The van der Waals surface area contributed by atoms with Crippen molar-refractivity contribution in [2.24, 2.45) is 12.5 Å². The van der Waals surface area contributed by atoms with Crippen molar-refractivity contribution in [3.05, 3.63) is 11.3 Å². The highest BCUT2D eigenvalue weighted by atomic mass is 16.5. The van der Waals surface area contributed by atoms with Crippen molar-refractivity contribution in [3.8, 4) is 5.88 Å². The molecule has 4 nitrogen and oxygen atoms in total. The summed E-state index contributed by atoms with van der Waals surface area (Å²) in [5, 5.41) is 14.5. The van der Waals surface area contributed by atoms with Crippen molar-refractivity contribution in [1.29, 1.82) is 0 Å². The van der Waals surface area contributed by atoms with E-state index in [0.29, 0.717) is 5.88 Å². The summed E-state index contributed by atoms with van der Waals surface area (Å²) < 4.78 is 6.91. The fourth-order valence-electron chi connectivity index (χ4n) is 1.64. The van der Waals surface area contributed by atoms with Crippen LogP contribution in [0.2, 0.25) is 0 Å². The number of rotatable bonds is 2. The number of aromatic nitrogens is 2. The minimum absolute atomic E-state index is 0.221. The van der Waals surface area contributed by atoms with Crippen LogP contribution in [0.25, 0.3) is 0 Å². The number of hydrogen-bond acceptors (Lipinski definition) is 3. The van der Waals surface area contributed by atoms with Gasteiger partial charge in [0.2, 0.25) is 5.88 Å². The molecule has 15 heavy (non-hydrogen) atoms. The molecule has 1 atom stereocenters. The second-order valence-corrected chi connectivity index (χ2v) is 4.90. The Balaban J connectivity index is 3.24. The van der Waals surface area contributed by atoms with Gasteiger partial charge in [0.05, 0.1) is 24.5 Å². The Hall–Kier alpha value is -1.03. The van der Waals surface area contributed by atoms with Crippen molar-refractivity contribution in [3.63, 3.8) is 0 Å². The van der Waals surface area contributed by atoms with Crippen LogP contribution >= 0.6 is 0 Å². The first-order chi connectivity index (χ1) is 6.79. The summed E-state index contributed by atoms with van der Waals surface area (Å²) in [5.74, 6) is 0.634. The van der Waals surface area contributed by atoms with Gasteiger partial charge >= 0.3 is 0 Å². The van der Waals surface area contributed by atoms with Gasteiger partial charge in [0, 0.05) is 7.05 Å². The lowest BCUT2D eigenvalue weighted by Crippen LogP contribution is -2.18. The maximum Gasteiger partial charge on any atom is 0.217 e. The molecule has 0 fully saturated rings. The number of aliphatic hydroxyl groups is 1. The second kappa shape index (κ2) is 3.85. The van der Waals surface area contributed by atoms with Crippen molar-refractivity contribution in [2.75, 3.05) is 7.11 Å². The third-order valence-corrected chi connectivity index (χ3v) is 2.50. The summed E-state index contributed by atoms with van der Waals surface area (Å²) in [6.45, 7) is 7.85. The summed E-state index contributed by atoms with van der Waals surface area (Å²) in [7, 11) is 3.40. The minimum atomic E-state index is -0.568. The number of nitrogens with zero attached hydrogens (tertiary/aromatic N) is 2. The van der Waals surface area contributed by atoms with E-state index in [-0.39, 0.29) is 5.41 Å². The van der Waals surface area contributed by atoms with Crippen LogP contribution in [0.3, 0.4) is 0 Å². The van der Waals surface area contributed by atoms with Crippen molar-refractivity contribution < 1.29 is 9.84 Å². The predicted octanol–water partition coefficient (Wildman–Crippen LogP) is 1.82. The Kier molecular flexibility index (Phi) is 3.09. The lowest BCUT2D eigenvalue weighted by Gasteiger charge is -2.26. The maximum atomic E-state index is 10.2. The highest BCUT2D eigenvalue weighted by molar-refractivity contribution is 5.34. The van der Waals surface area contributed by atoms with E-state index in [9.17, 15) is 5.11 Å². The van der Waals surface area contributed by atoms with Crippen LogP contribution < -0.4 is 4.74 Å². The summed E-state index contributed by atoms with van der Waals surface area (Å²) in [6, 6.07) is 0. The molecule has 1 unspecified atom stereocenters. The number of methoxy groups -OCH3 is 1. The quantitative estimate of drug-likeness (QED) is 0.813. The molecule has 0 saturated carbocycles. The normalized spacial score (nSPS) is 14.1. The predicted molar refractivity (Wildman–Crippen MR) is 58.9 cm³/mol. The zero-order valence-corrected chi connectivity index (χ0v) is 10.3. The van der Waals surface area contributed by atoms with Crippen LogP contribution in [0.1, 0.15) is 38.1 Å². The summed E-state index contributed by atoms with van der Waals surface area (Å²) >= 11 is 0. The molecule has 1 N–H and O–H groups in total. The summed E-state index contributed by atoms with van der Waals surface area (Å²) in [6.07, 6.45) is -0.568. The first kappa shape index (κ1) is 12.0. The molecule has 0 aliphatic heterocycles. The molecule has 0 amide bonds. The van der Waals surface area contributed by atoms with E-state index in [1.165, 1.54) is 0 Å². The third kappa shape index (κ3) is 2.15. The van der Waals surface area contributed by atoms with Gasteiger partial charge in [0.1, 0.15) is 0 Å². The Morgan fingerprint density at radius 2 is 1.93 bits per heavy atom. The maximum absolute atomic E-state index is 10.2. The number of aliphatic hydroxyl groups excluding tert-OH is 1. The van der Waals surface area contributed by atoms with Crippen molar-refractivity contribution in [1.82, 2.24) is 9.78 Å². The van der Waals surface area contributed by atoms with E-state index < -0.39 is 6.10 Å². The SMILES string of the molecule is COc1c(C(O)C(C)(C)C)c(C)nn1C. The Labute approximate surface area is 90.9 Å². The van der Waals surface area contributed by atoms with Crippen LogP contribution in [0.4, 0.5) is 0 Å². The molecule has 0 radical (unpaired) electrons. The van der Waals surface area contributed by atoms with Crippen molar-refractivity contribution in [2.45, 2.75) is 33.8 Å². The van der Waals surface area contributed by atoms with Gasteiger partial charge in [-0.25, -0.2) is 4.68 Å².